The highest BCUT2D eigenvalue weighted by molar-refractivity contribution is 5.86. The van der Waals surface area contributed by atoms with E-state index in [0.717, 1.165) is 55.6 Å². The van der Waals surface area contributed by atoms with Crippen molar-refractivity contribution in [3.05, 3.63) is 35.5 Å². The summed E-state index contributed by atoms with van der Waals surface area (Å²) >= 11 is 0. The van der Waals surface area contributed by atoms with Gasteiger partial charge in [-0.25, -0.2) is 4.98 Å². The van der Waals surface area contributed by atoms with Gasteiger partial charge in [0.1, 0.15) is 11.3 Å². The highest BCUT2D eigenvalue weighted by Gasteiger charge is 2.26. The Hall–Kier alpha value is -2.95. The van der Waals surface area contributed by atoms with Crippen LogP contribution in [0.15, 0.2) is 24.4 Å². The molecule has 1 fully saturated rings. The molecule has 2 heterocycles. The van der Waals surface area contributed by atoms with Crippen molar-refractivity contribution in [3.8, 4) is 5.75 Å². The summed E-state index contributed by atoms with van der Waals surface area (Å²) in [5.74, 6) is 1.64. The summed E-state index contributed by atoms with van der Waals surface area (Å²) in [6.45, 7) is 4.62. The van der Waals surface area contributed by atoms with Gasteiger partial charge in [-0.1, -0.05) is 25.5 Å². The zero-order valence-electron chi connectivity index (χ0n) is 19.9. The van der Waals surface area contributed by atoms with Crippen LogP contribution in [0, 0.1) is 0 Å². The molecule has 0 radical (unpaired) electrons. The molecule has 4 rings (SSSR count). The number of nitrogens with zero attached hydrogens (tertiary/aromatic N) is 5. The number of aliphatic hydroxyl groups is 2. The summed E-state index contributed by atoms with van der Waals surface area (Å²) in [5, 5.41) is 27.2. The highest BCUT2D eigenvalue weighted by Crippen LogP contribution is 2.26. The minimum absolute atomic E-state index is 0.0234. The number of nitrogen functional groups attached to an aromatic ring is 1. The number of aromatic nitrogens is 4. The third kappa shape index (κ3) is 5.57. The molecule has 0 bridgehead atoms. The van der Waals surface area contributed by atoms with Gasteiger partial charge in [0.2, 0.25) is 5.95 Å². The Labute approximate surface area is 199 Å². The second-order valence-corrected chi connectivity index (χ2v) is 8.88. The van der Waals surface area contributed by atoms with Crippen LogP contribution in [0.1, 0.15) is 43.7 Å². The largest absolute Gasteiger partial charge is 0.496 e. The average molecular weight is 470 g/mol. The molecule has 3 aromatic rings. The van der Waals surface area contributed by atoms with E-state index in [4.69, 9.17) is 15.6 Å². The van der Waals surface area contributed by atoms with Crippen molar-refractivity contribution in [1.82, 2.24) is 25.1 Å². The highest BCUT2D eigenvalue weighted by atomic mass is 16.5. The predicted molar refractivity (Wildman–Crippen MR) is 132 cm³/mol. The molecule has 0 aliphatic heterocycles. The van der Waals surface area contributed by atoms with Crippen LogP contribution in [0.2, 0.25) is 0 Å². The summed E-state index contributed by atoms with van der Waals surface area (Å²) in [6, 6.07) is 6.55. The van der Waals surface area contributed by atoms with Crippen molar-refractivity contribution in [2.45, 2.75) is 57.8 Å². The van der Waals surface area contributed by atoms with Crippen LogP contribution in [-0.4, -0.2) is 68.9 Å². The van der Waals surface area contributed by atoms with Gasteiger partial charge in [0, 0.05) is 31.2 Å². The Balaban J connectivity index is 1.54. The fraction of sp³-hybridized carbons (Fsp3) is 0.542. The maximum Gasteiger partial charge on any atom is 0.222 e. The first-order chi connectivity index (χ1) is 16.5. The molecule has 0 spiro atoms. The number of ether oxygens (including phenoxy) is 1. The normalized spacial score (nSPS) is 17.6. The number of anilines is 2. The van der Waals surface area contributed by atoms with Gasteiger partial charge in [0.25, 0.3) is 0 Å². The van der Waals surface area contributed by atoms with E-state index in [9.17, 15) is 10.2 Å². The lowest BCUT2D eigenvalue weighted by Crippen LogP contribution is -2.43. The molecule has 0 amide bonds. The molecule has 0 unspecified atom stereocenters. The Morgan fingerprint density at radius 3 is 2.79 bits per heavy atom. The van der Waals surface area contributed by atoms with Gasteiger partial charge in [0.15, 0.2) is 11.3 Å². The van der Waals surface area contributed by atoms with Crippen LogP contribution >= 0.6 is 0 Å². The number of nitrogens with two attached hydrogens (primary N) is 1. The molecule has 184 valence electrons. The van der Waals surface area contributed by atoms with Gasteiger partial charge in [-0.15, -0.1) is 0 Å². The number of rotatable bonds is 12. The molecule has 1 aliphatic carbocycles. The second kappa shape index (κ2) is 11.0. The van der Waals surface area contributed by atoms with E-state index in [0.29, 0.717) is 36.0 Å². The molecule has 1 saturated carbocycles. The van der Waals surface area contributed by atoms with Gasteiger partial charge in [-0.3, -0.25) is 4.68 Å². The lowest BCUT2D eigenvalue weighted by molar-refractivity contribution is 0.0619. The molecule has 10 nitrogen and oxygen atoms in total. The Morgan fingerprint density at radius 1 is 1.26 bits per heavy atom. The van der Waals surface area contributed by atoms with Gasteiger partial charge < -0.3 is 30.9 Å². The number of hydrogen-bond acceptors (Lipinski definition) is 9. The summed E-state index contributed by atoms with van der Waals surface area (Å²) in [4.78, 5) is 10.8. The first-order valence-electron chi connectivity index (χ1n) is 11.9. The SMILES string of the molecule is CCCCN(CCO)c1nc(N)nc2cn(Cc3ccc(CNC4CC(O)C4)cc3OC)nc12. The molecule has 0 atom stereocenters. The summed E-state index contributed by atoms with van der Waals surface area (Å²) < 4.78 is 7.49. The van der Waals surface area contributed by atoms with E-state index in [1.54, 1.807) is 7.11 Å². The maximum atomic E-state index is 9.54. The third-order valence-electron chi connectivity index (χ3n) is 6.25. The second-order valence-electron chi connectivity index (χ2n) is 8.88. The molecule has 1 aromatic carbocycles. The summed E-state index contributed by atoms with van der Waals surface area (Å²) in [7, 11) is 1.67. The van der Waals surface area contributed by atoms with Gasteiger partial charge in [-0.05, 0) is 30.9 Å². The van der Waals surface area contributed by atoms with E-state index in [-0.39, 0.29) is 18.7 Å². The van der Waals surface area contributed by atoms with Gasteiger partial charge >= 0.3 is 0 Å². The van der Waals surface area contributed by atoms with Crippen LogP contribution in [0.4, 0.5) is 11.8 Å². The third-order valence-corrected chi connectivity index (χ3v) is 6.25. The van der Waals surface area contributed by atoms with Crippen LogP contribution in [0.5, 0.6) is 5.75 Å². The van der Waals surface area contributed by atoms with Crippen molar-refractivity contribution >= 4 is 22.8 Å². The van der Waals surface area contributed by atoms with Gasteiger partial charge in [-0.2, -0.15) is 10.1 Å². The topological polar surface area (TPSA) is 135 Å². The van der Waals surface area contributed by atoms with Crippen molar-refractivity contribution in [2.24, 2.45) is 0 Å². The quantitative estimate of drug-likeness (QED) is 0.312. The smallest absolute Gasteiger partial charge is 0.222 e. The lowest BCUT2D eigenvalue weighted by Gasteiger charge is -2.32. The summed E-state index contributed by atoms with van der Waals surface area (Å²) in [5.41, 5.74) is 9.46. The van der Waals surface area contributed by atoms with Crippen LogP contribution in [0.3, 0.4) is 0 Å². The summed E-state index contributed by atoms with van der Waals surface area (Å²) in [6.07, 6.45) is 5.34. The molecular formula is C24H35N7O3. The number of benzene rings is 1. The number of fused-ring (bicyclic) bond motifs is 1. The van der Waals surface area contributed by atoms with E-state index in [1.165, 1.54) is 0 Å². The molecule has 1 aliphatic rings. The molecular weight excluding hydrogens is 434 g/mol. The molecule has 5 N–H and O–H groups in total. The fourth-order valence-corrected chi connectivity index (χ4v) is 4.28. The Bertz CT molecular complexity index is 1100. The van der Waals surface area contributed by atoms with Crippen molar-refractivity contribution in [2.75, 3.05) is 37.4 Å². The predicted octanol–water partition coefficient (Wildman–Crippen LogP) is 1.68. The van der Waals surface area contributed by atoms with Gasteiger partial charge in [0.05, 0.1) is 32.6 Å². The molecule has 0 saturated heterocycles. The average Bonchev–Trinajstić information content (AvgIpc) is 3.21. The lowest BCUT2D eigenvalue weighted by atomic mass is 9.89. The van der Waals surface area contributed by atoms with Crippen LogP contribution < -0.4 is 20.7 Å². The van der Waals surface area contributed by atoms with Crippen molar-refractivity contribution < 1.29 is 14.9 Å². The van der Waals surface area contributed by atoms with E-state index < -0.39 is 0 Å². The zero-order chi connectivity index (χ0) is 24.1. The number of hydrogen-bond donors (Lipinski definition) is 4. The molecule has 34 heavy (non-hydrogen) atoms. The fourth-order valence-electron chi connectivity index (χ4n) is 4.28. The van der Waals surface area contributed by atoms with Crippen LogP contribution in [-0.2, 0) is 13.1 Å². The van der Waals surface area contributed by atoms with E-state index in [2.05, 4.69) is 34.3 Å². The zero-order valence-corrected chi connectivity index (χ0v) is 19.9. The first kappa shape index (κ1) is 24.2. The standard InChI is InChI=1S/C24H35N7O3/c1-3-4-7-30(8-9-32)23-22-20(27-24(25)28-23)15-31(29-22)14-17-6-5-16(10-21(17)34-2)13-26-18-11-19(33)12-18/h5-6,10,15,18-19,26,32-33H,3-4,7-9,11-14H2,1-2H3,(H2,25,27). The molecule has 10 heteroatoms. The van der Waals surface area contributed by atoms with Crippen molar-refractivity contribution in [3.63, 3.8) is 0 Å². The number of nitrogens with one attached hydrogen (secondary N) is 1. The first-order valence-corrected chi connectivity index (χ1v) is 11.9. The van der Waals surface area contributed by atoms with E-state index >= 15 is 0 Å². The number of unbranched alkanes of at least 4 members (excludes halogenated alkanes) is 1. The van der Waals surface area contributed by atoms with Crippen LogP contribution in [0.25, 0.3) is 11.0 Å². The Morgan fingerprint density at radius 2 is 2.09 bits per heavy atom. The monoisotopic (exact) mass is 469 g/mol. The molecule has 2 aromatic heterocycles. The minimum atomic E-state index is -0.165. The van der Waals surface area contributed by atoms with Crippen molar-refractivity contribution in [1.29, 1.82) is 0 Å². The number of aliphatic hydroxyl groups excluding tert-OH is 2. The minimum Gasteiger partial charge on any atom is -0.496 e. The Kier molecular flexibility index (Phi) is 7.81. The number of methoxy groups -OCH3 is 1. The maximum absolute atomic E-state index is 9.54. The van der Waals surface area contributed by atoms with E-state index in [1.807, 2.05) is 21.8 Å².